The van der Waals surface area contributed by atoms with E-state index in [1.54, 1.807) is 0 Å². The van der Waals surface area contributed by atoms with Crippen LogP contribution in [0, 0.1) is 3.57 Å². The number of fused-ring (bicyclic) bond motifs is 1. The van der Waals surface area contributed by atoms with Gasteiger partial charge in [0, 0.05) is 18.5 Å². The molecule has 1 aromatic heterocycles. The summed E-state index contributed by atoms with van der Waals surface area (Å²) in [4.78, 5) is 22.2. The minimum atomic E-state index is -0.0773. The molecule has 1 saturated carbocycles. The van der Waals surface area contributed by atoms with Gasteiger partial charge in [-0.15, -0.1) is 0 Å². The Bertz CT molecular complexity index is 584. The third-order valence-corrected chi connectivity index (χ3v) is 5.61. The lowest BCUT2D eigenvalue weighted by Crippen LogP contribution is -2.43. The maximum atomic E-state index is 12.1. The molecule has 6 heteroatoms. The number of hydrogen-bond donors (Lipinski definition) is 1. The second-order valence-electron chi connectivity index (χ2n) is 6.04. The topological polar surface area (TPSA) is 58.2 Å². The summed E-state index contributed by atoms with van der Waals surface area (Å²) in [6.07, 6.45) is 4.73. The first-order chi connectivity index (χ1) is 9.72. The van der Waals surface area contributed by atoms with Crippen LogP contribution in [0.5, 0.6) is 0 Å². The minimum Gasteiger partial charge on any atom is -0.367 e. The van der Waals surface area contributed by atoms with E-state index in [1.165, 1.54) is 12.8 Å². The SMILES string of the molecule is O=c1[nH]c(C2CN3CCCC3CO2)nc(C2CC2)c1I. The van der Waals surface area contributed by atoms with Crippen molar-refractivity contribution in [2.24, 2.45) is 0 Å². The van der Waals surface area contributed by atoms with Crippen molar-refractivity contribution >= 4 is 22.6 Å². The van der Waals surface area contributed by atoms with E-state index in [4.69, 9.17) is 9.72 Å². The minimum absolute atomic E-state index is 0.00959. The van der Waals surface area contributed by atoms with Gasteiger partial charge in [-0.2, -0.15) is 0 Å². The van der Waals surface area contributed by atoms with E-state index < -0.39 is 0 Å². The van der Waals surface area contributed by atoms with Crippen molar-refractivity contribution in [1.29, 1.82) is 0 Å². The van der Waals surface area contributed by atoms with Gasteiger partial charge in [0.05, 0.1) is 15.9 Å². The van der Waals surface area contributed by atoms with Crippen molar-refractivity contribution in [2.45, 2.75) is 43.7 Å². The Balaban J connectivity index is 1.63. The lowest BCUT2D eigenvalue weighted by molar-refractivity contribution is -0.0543. The van der Waals surface area contributed by atoms with Gasteiger partial charge in [0.15, 0.2) is 0 Å². The van der Waals surface area contributed by atoms with E-state index in [0.717, 1.165) is 47.6 Å². The second kappa shape index (κ2) is 5.06. The van der Waals surface area contributed by atoms with Gasteiger partial charge in [-0.25, -0.2) is 4.98 Å². The Morgan fingerprint density at radius 1 is 1.35 bits per heavy atom. The summed E-state index contributed by atoms with van der Waals surface area (Å²) in [6.45, 7) is 2.77. The molecule has 5 nitrogen and oxygen atoms in total. The van der Waals surface area contributed by atoms with Crippen molar-refractivity contribution in [3.8, 4) is 0 Å². The molecule has 2 unspecified atom stereocenters. The number of ether oxygens (including phenoxy) is 1. The van der Waals surface area contributed by atoms with Crippen LogP contribution >= 0.6 is 22.6 Å². The lowest BCUT2D eigenvalue weighted by Gasteiger charge is -2.34. The summed E-state index contributed by atoms with van der Waals surface area (Å²) in [7, 11) is 0. The van der Waals surface area contributed by atoms with Crippen molar-refractivity contribution in [1.82, 2.24) is 14.9 Å². The van der Waals surface area contributed by atoms with Crippen LogP contribution in [-0.2, 0) is 4.74 Å². The van der Waals surface area contributed by atoms with Gasteiger partial charge in [-0.3, -0.25) is 9.69 Å². The maximum absolute atomic E-state index is 12.1. The lowest BCUT2D eigenvalue weighted by atomic mass is 10.1. The summed E-state index contributed by atoms with van der Waals surface area (Å²) in [5, 5.41) is 0. The number of aromatic nitrogens is 2. The summed E-state index contributed by atoms with van der Waals surface area (Å²) in [5.74, 6) is 1.22. The van der Waals surface area contributed by atoms with Crippen LogP contribution < -0.4 is 5.56 Å². The maximum Gasteiger partial charge on any atom is 0.264 e. The summed E-state index contributed by atoms with van der Waals surface area (Å²) in [6, 6.07) is 0.574. The smallest absolute Gasteiger partial charge is 0.264 e. The van der Waals surface area contributed by atoms with Crippen LogP contribution in [0.4, 0.5) is 0 Å². The van der Waals surface area contributed by atoms with Gasteiger partial charge in [-0.05, 0) is 54.8 Å². The van der Waals surface area contributed by atoms with Crippen molar-refractivity contribution in [2.75, 3.05) is 19.7 Å². The van der Waals surface area contributed by atoms with Gasteiger partial charge in [0.25, 0.3) is 5.56 Å². The Labute approximate surface area is 131 Å². The zero-order chi connectivity index (χ0) is 13.7. The Hall–Kier alpha value is -0.470. The first-order valence-electron chi connectivity index (χ1n) is 7.37. The molecule has 3 fully saturated rings. The molecule has 20 heavy (non-hydrogen) atoms. The molecule has 0 aromatic carbocycles. The van der Waals surface area contributed by atoms with E-state index in [1.807, 2.05) is 0 Å². The fourth-order valence-corrected chi connectivity index (χ4v) is 3.95. The zero-order valence-corrected chi connectivity index (χ0v) is 13.4. The van der Waals surface area contributed by atoms with Crippen LogP contribution in [0.2, 0.25) is 0 Å². The highest BCUT2D eigenvalue weighted by molar-refractivity contribution is 14.1. The van der Waals surface area contributed by atoms with E-state index in [9.17, 15) is 4.79 Å². The molecule has 1 N–H and O–H groups in total. The van der Waals surface area contributed by atoms with Gasteiger partial charge in [0.2, 0.25) is 0 Å². The highest BCUT2D eigenvalue weighted by Crippen LogP contribution is 2.40. The number of morpholine rings is 1. The van der Waals surface area contributed by atoms with Gasteiger partial charge in [-0.1, -0.05) is 0 Å². The molecule has 0 amide bonds. The average Bonchev–Trinajstić information content (AvgIpc) is 3.18. The Kier molecular flexibility index (Phi) is 3.35. The fraction of sp³-hybridized carbons (Fsp3) is 0.714. The second-order valence-corrected chi connectivity index (χ2v) is 7.12. The first-order valence-corrected chi connectivity index (χ1v) is 8.45. The molecule has 3 aliphatic rings. The molecule has 1 aromatic rings. The predicted molar refractivity (Wildman–Crippen MR) is 82.8 cm³/mol. The number of nitrogens with one attached hydrogen (secondary N) is 1. The molecular weight excluding hydrogens is 369 g/mol. The monoisotopic (exact) mass is 387 g/mol. The predicted octanol–water partition coefficient (Wildman–Crippen LogP) is 1.79. The molecule has 0 spiro atoms. The number of rotatable bonds is 2. The van der Waals surface area contributed by atoms with E-state index in [2.05, 4.69) is 32.5 Å². The third-order valence-electron chi connectivity index (χ3n) is 4.56. The molecule has 3 heterocycles. The fourth-order valence-electron chi connectivity index (χ4n) is 3.26. The standard InChI is InChI=1S/C14H18IN3O2/c15-11-12(8-3-4-8)16-13(17-14(11)19)10-6-18-5-1-2-9(18)7-20-10/h8-10H,1-7H2,(H,16,17,19). The largest absolute Gasteiger partial charge is 0.367 e. The highest BCUT2D eigenvalue weighted by atomic mass is 127. The van der Waals surface area contributed by atoms with Gasteiger partial charge in [0.1, 0.15) is 11.9 Å². The van der Waals surface area contributed by atoms with E-state index in [-0.39, 0.29) is 11.7 Å². The number of nitrogens with zero attached hydrogens (tertiary/aromatic N) is 2. The van der Waals surface area contributed by atoms with Crippen LogP contribution in [-0.4, -0.2) is 40.6 Å². The van der Waals surface area contributed by atoms with Crippen LogP contribution in [0.25, 0.3) is 0 Å². The van der Waals surface area contributed by atoms with Gasteiger partial charge >= 0.3 is 0 Å². The van der Waals surface area contributed by atoms with Gasteiger partial charge < -0.3 is 9.72 Å². The molecule has 4 rings (SSSR count). The summed E-state index contributed by atoms with van der Waals surface area (Å²) >= 11 is 2.11. The molecule has 108 valence electrons. The number of H-pyrrole nitrogens is 1. The van der Waals surface area contributed by atoms with Crippen LogP contribution in [0.15, 0.2) is 4.79 Å². The molecule has 1 aliphatic carbocycles. The van der Waals surface area contributed by atoms with Crippen molar-refractivity contribution < 1.29 is 4.74 Å². The molecule has 2 aliphatic heterocycles. The number of hydrogen-bond acceptors (Lipinski definition) is 4. The summed E-state index contributed by atoms with van der Waals surface area (Å²) in [5.41, 5.74) is 0.973. The van der Waals surface area contributed by atoms with Crippen LogP contribution in [0.1, 0.15) is 49.2 Å². The van der Waals surface area contributed by atoms with Crippen molar-refractivity contribution in [3.05, 3.63) is 25.4 Å². The highest BCUT2D eigenvalue weighted by Gasteiger charge is 2.35. The quantitative estimate of drug-likeness (QED) is 0.787. The van der Waals surface area contributed by atoms with Crippen LogP contribution in [0.3, 0.4) is 0 Å². The van der Waals surface area contributed by atoms with E-state index in [0.29, 0.717) is 12.0 Å². The summed E-state index contributed by atoms with van der Waals surface area (Å²) < 4.78 is 6.70. The molecule has 0 bridgehead atoms. The normalized spacial score (nSPS) is 30.4. The van der Waals surface area contributed by atoms with Crippen molar-refractivity contribution in [3.63, 3.8) is 0 Å². The average molecular weight is 387 g/mol. The molecule has 2 atom stereocenters. The number of aromatic amines is 1. The molecule has 2 saturated heterocycles. The first kappa shape index (κ1) is 13.2. The molecule has 0 radical (unpaired) electrons. The third kappa shape index (κ3) is 2.31. The van der Waals surface area contributed by atoms with E-state index >= 15 is 0 Å². The zero-order valence-electron chi connectivity index (χ0n) is 11.3. The Morgan fingerprint density at radius 3 is 3.00 bits per heavy atom. The Morgan fingerprint density at radius 2 is 2.20 bits per heavy atom. The number of halogens is 1. The molecular formula is C14H18IN3O2.